The molecular formula is C17H15Cl2CuN3O6. The van der Waals surface area contributed by atoms with Crippen molar-refractivity contribution >= 4 is 47.3 Å². The maximum Gasteiger partial charge on any atom is 2.00 e. The first-order chi connectivity index (χ1) is 13.0. The predicted octanol–water partition coefficient (Wildman–Crippen LogP) is 0.368. The summed E-state index contributed by atoms with van der Waals surface area (Å²) in [6.45, 7) is 1.94. The monoisotopic (exact) mass is 490 g/mol. The number of phenolic OH excluding ortho intramolecular Hbond substituents is 1. The number of pyridine rings is 1. The number of aromatic nitrogens is 1. The Morgan fingerprint density at radius 1 is 1.10 bits per heavy atom. The number of halogens is 2. The van der Waals surface area contributed by atoms with Crippen LogP contribution in [-0.2, 0) is 26.7 Å². The number of aromatic hydroxyl groups is 1. The second kappa shape index (κ2) is 15.3. The van der Waals surface area contributed by atoms with Gasteiger partial charge in [0.05, 0.1) is 11.2 Å². The number of carboxylic acid groups (broad SMARTS) is 2. The van der Waals surface area contributed by atoms with Gasteiger partial charge in [0.1, 0.15) is 5.75 Å². The number of nitrogens with zero attached hydrogens (tertiary/aromatic N) is 2. The van der Waals surface area contributed by atoms with Gasteiger partial charge in [0, 0.05) is 40.5 Å². The van der Waals surface area contributed by atoms with Crippen LogP contribution in [0.25, 0.3) is 0 Å². The largest absolute Gasteiger partial charge is 2.00 e. The van der Waals surface area contributed by atoms with E-state index in [9.17, 15) is 9.90 Å². The number of hydrogen-bond donors (Lipinski definition) is 2. The summed E-state index contributed by atoms with van der Waals surface area (Å²) in [6.07, 6.45) is 4.26. The Morgan fingerprint density at radius 2 is 1.59 bits per heavy atom. The molecule has 0 saturated heterocycles. The molecule has 0 aliphatic heterocycles. The maximum absolute atomic E-state index is 11.7. The van der Waals surface area contributed by atoms with Crippen LogP contribution in [0.4, 0.5) is 0 Å². The van der Waals surface area contributed by atoms with Gasteiger partial charge in [0.15, 0.2) is 0 Å². The molecule has 0 fully saturated rings. The van der Waals surface area contributed by atoms with Crippen molar-refractivity contribution in [1.29, 1.82) is 0 Å². The van der Waals surface area contributed by atoms with Gasteiger partial charge in [-0.1, -0.05) is 23.2 Å². The molecule has 2 rings (SSSR count). The second-order valence-corrected chi connectivity index (χ2v) is 5.59. The zero-order chi connectivity index (χ0) is 21.7. The molecule has 159 valence electrons. The number of hydrogen-bond acceptors (Lipinski definition) is 8. The van der Waals surface area contributed by atoms with Gasteiger partial charge in [-0.25, -0.2) is 5.43 Å². The summed E-state index contributed by atoms with van der Waals surface area (Å²) in [7, 11) is 0. The number of rotatable bonds is 3. The van der Waals surface area contributed by atoms with Crippen molar-refractivity contribution in [3.05, 3.63) is 57.8 Å². The molecule has 0 aliphatic carbocycles. The third kappa shape index (κ3) is 14.1. The summed E-state index contributed by atoms with van der Waals surface area (Å²) >= 11 is 11.6. The zero-order valence-electron chi connectivity index (χ0n) is 15.0. The molecule has 0 saturated carbocycles. The van der Waals surface area contributed by atoms with Crippen LogP contribution in [0, 0.1) is 0 Å². The topological polar surface area (TPSA) is 155 Å². The molecule has 0 atom stereocenters. The maximum atomic E-state index is 11.7. The molecule has 1 aromatic heterocycles. The van der Waals surface area contributed by atoms with E-state index >= 15 is 0 Å². The van der Waals surface area contributed by atoms with E-state index in [4.69, 9.17) is 43.0 Å². The molecule has 2 N–H and O–H groups in total. The van der Waals surface area contributed by atoms with Crippen molar-refractivity contribution in [1.82, 2.24) is 10.4 Å². The number of carbonyl (C=O) groups is 3. The Morgan fingerprint density at radius 3 is 2.07 bits per heavy atom. The fourth-order valence-corrected chi connectivity index (χ4v) is 1.92. The van der Waals surface area contributed by atoms with Gasteiger partial charge >= 0.3 is 17.1 Å². The molecule has 12 heteroatoms. The first-order valence-electron chi connectivity index (χ1n) is 7.31. The van der Waals surface area contributed by atoms with Crippen LogP contribution in [0.2, 0.25) is 10.0 Å². The van der Waals surface area contributed by atoms with Crippen molar-refractivity contribution in [2.24, 2.45) is 5.10 Å². The third-order valence-electron chi connectivity index (χ3n) is 2.37. The van der Waals surface area contributed by atoms with Crippen LogP contribution in [0.15, 0.2) is 41.8 Å². The number of nitrogens with one attached hydrogen (secondary N) is 1. The molecule has 2 aromatic rings. The predicted molar refractivity (Wildman–Crippen MR) is 98.8 cm³/mol. The van der Waals surface area contributed by atoms with E-state index in [0.29, 0.717) is 16.1 Å². The van der Waals surface area contributed by atoms with E-state index in [1.807, 2.05) is 0 Å². The molecular weight excluding hydrogens is 477 g/mol. The summed E-state index contributed by atoms with van der Waals surface area (Å²) < 4.78 is 0. The normalized spacial score (nSPS) is 9.10. The van der Waals surface area contributed by atoms with E-state index < -0.39 is 17.8 Å². The number of hydrazone groups is 1. The van der Waals surface area contributed by atoms with Crippen molar-refractivity contribution in [3.63, 3.8) is 0 Å². The molecule has 1 amide bonds. The Bertz CT molecular complexity index is 831. The van der Waals surface area contributed by atoms with Gasteiger partial charge in [-0.3, -0.25) is 9.78 Å². The van der Waals surface area contributed by atoms with E-state index in [1.165, 1.54) is 30.7 Å². The van der Waals surface area contributed by atoms with Gasteiger partial charge in [-0.05, 0) is 38.1 Å². The second-order valence-electron chi connectivity index (χ2n) is 4.74. The van der Waals surface area contributed by atoms with Crippen molar-refractivity contribution in [2.45, 2.75) is 13.8 Å². The molecule has 0 unspecified atom stereocenters. The average molecular weight is 492 g/mol. The van der Waals surface area contributed by atoms with Crippen LogP contribution in [0.3, 0.4) is 0 Å². The molecule has 0 spiro atoms. The summed E-state index contributed by atoms with van der Waals surface area (Å²) in [6, 6.07) is 5.99. The number of phenols is 1. The van der Waals surface area contributed by atoms with Gasteiger partial charge in [0.2, 0.25) is 0 Å². The third-order valence-corrected chi connectivity index (χ3v) is 2.88. The number of aliphatic carboxylic acids is 2. The standard InChI is InChI=1S/C13H9Cl2N3O2.2C2H4O2.Cu/c14-10-5-9(12(19)11(15)6-10)7-17-18-13(20)8-1-3-16-4-2-8;2*1-2(3)4;/h1-7,19H,(H,18,20);2*1H3,(H,3,4);/q;;;+2/p-2. The van der Waals surface area contributed by atoms with Crippen LogP contribution in [-0.4, -0.2) is 34.2 Å². The average Bonchev–Trinajstić information content (AvgIpc) is 2.58. The number of amides is 1. The number of benzene rings is 1. The zero-order valence-corrected chi connectivity index (χ0v) is 17.4. The Hall–Kier alpha value is -2.65. The van der Waals surface area contributed by atoms with Crippen LogP contribution < -0.4 is 15.6 Å². The molecule has 9 nitrogen and oxygen atoms in total. The van der Waals surface area contributed by atoms with E-state index in [1.54, 1.807) is 12.1 Å². The van der Waals surface area contributed by atoms with E-state index in [0.717, 1.165) is 13.8 Å². The number of carboxylic acids is 2. The van der Waals surface area contributed by atoms with Crippen LogP contribution >= 0.6 is 23.2 Å². The number of carbonyl (C=O) groups excluding carboxylic acids is 3. The minimum Gasteiger partial charge on any atom is -0.550 e. The van der Waals surface area contributed by atoms with Gasteiger partial charge < -0.3 is 24.9 Å². The molecule has 0 aliphatic rings. The van der Waals surface area contributed by atoms with Crippen LogP contribution in [0.1, 0.15) is 29.8 Å². The summed E-state index contributed by atoms with van der Waals surface area (Å²) in [5, 5.41) is 31.7. The van der Waals surface area contributed by atoms with Crippen LogP contribution in [0.5, 0.6) is 5.75 Å². The quantitative estimate of drug-likeness (QED) is 0.357. The Balaban J connectivity index is 0. The molecule has 1 heterocycles. The minimum absolute atomic E-state index is 0. The first-order valence-corrected chi connectivity index (χ1v) is 8.06. The Labute approximate surface area is 186 Å². The van der Waals surface area contributed by atoms with Gasteiger partial charge in [0.25, 0.3) is 5.91 Å². The van der Waals surface area contributed by atoms with Crippen molar-refractivity contribution < 1.29 is 46.8 Å². The van der Waals surface area contributed by atoms with Crippen molar-refractivity contribution in [3.8, 4) is 5.75 Å². The fourth-order valence-electron chi connectivity index (χ4n) is 1.41. The molecule has 1 radical (unpaired) electrons. The summed E-state index contributed by atoms with van der Waals surface area (Å²) in [4.78, 5) is 33.3. The Kier molecular flexibility index (Phi) is 15.1. The van der Waals surface area contributed by atoms with E-state index in [2.05, 4.69) is 15.5 Å². The van der Waals surface area contributed by atoms with Crippen molar-refractivity contribution in [2.75, 3.05) is 0 Å². The summed E-state index contributed by atoms with van der Waals surface area (Å²) in [5.74, 6) is -2.71. The first kappa shape index (κ1) is 28.6. The summed E-state index contributed by atoms with van der Waals surface area (Å²) in [5.41, 5.74) is 3.04. The smallest absolute Gasteiger partial charge is 0.550 e. The molecule has 1 aromatic carbocycles. The fraction of sp³-hybridized carbons (Fsp3) is 0.118. The van der Waals surface area contributed by atoms with E-state index in [-0.39, 0.29) is 27.8 Å². The molecule has 29 heavy (non-hydrogen) atoms. The SMILES string of the molecule is CC(=O)[O-].CC(=O)[O-].O=C(NN=Cc1cc(Cl)cc(Cl)c1O)c1ccncc1.[Cu+2]. The van der Waals surface area contributed by atoms with Gasteiger partial charge in [-0.15, -0.1) is 0 Å². The van der Waals surface area contributed by atoms with Gasteiger partial charge in [-0.2, -0.15) is 5.10 Å². The minimum atomic E-state index is -1.08. The molecule has 0 bridgehead atoms.